The summed E-state index contributed by atoms with van der Waals surface area (Å²) in [7, 11) is 1.64. The molecule has 0 radical (unpaired) electrons. The molecule has 3 aromatic rings. The van der Waals surface area contributed by atoms with E-state index in [1.807, 2.05) is 36.4 Å². The third kappa shape index (κ3) is 4.70. The lowest BCUT2D eigenvalue weighted by molar-refractivity contribution is 0.284. The smallest absolute Gasteiger partial charge is 0.161 e. The Balaban J connectivity index is 1.64. The van der Waals surface area contributed by atoms with Gasteiger partial charge in [-0.1, -0.05) is 35.9 Å². The van der Waals surface area contributed by atoms with Crippen LogP contribution in [0.15, 0.2) is 66.7 Å². The fraction of sp³-hybridized carbons (Fsp3) is 0.182. The SMILES string of the molecule is COc1cc(CNc2ccc(O)cc2)ccc1OCc1cccc(C)c1. The Labute approximate surface area is 154 Å². The lowest BCUT2D eigenvalue weighted by Crippen LogP contribution is -2.02. The molecule has 0 aliphatic heterocycles. The number of rotatable bonds is 7. The van der Waals surface area contributed by atoms with Crippen molar-refractivity contribution in [3.8, 4) is 17.2 Å². The summed E-state index contributed by atoms with van der Waals surface area (Å²) in [5, 5.41) is 12.6. The second-order valence-corrected chi connectivity index (χ2v) is 6.16. The van der Waals surface area contributed by atoms with E-state index < -0.39 is 0 Å². The Hall–Kier alpha value is -3.14. The Morgan fingerprint density at radius 3 is 2.42 bits per heavy atom. The van der Waals surface area contributed by atoms with Crippen LogP contribution in [0, 0.1) is 6.92 Å². The van der Waals surface area contributed by atoms with Crippen LogP contribution in [-0.4, -0.2) is 12.2 Å². The summed E-state index contributed by atoms with van der Waals surface area (Å²) < 4.78 is 11.4. The number of benzene rings is 3. The highest BCUT2D eigenvalue weighted by Crippen LogP contribution is 2.29. The van der Waals surface area contributed by atoms with Crippen molar-refractivity contribution in [1.29, 1.82) is 0 Å². The molecule has 134 valence electrons. The largest absolute Gasteiger partial charge is 0.508 e. The number of hydrogen-bond donors (Lipinski definition) is 2. The average Bonchev–Trinajstić information content (AvgIpc) is 2.66. The number of methoxy groups -OCH3 is 1. The highest BCUT2D eigenvalue weighted by molar-refractivity contribution is 5.48. The highest BCUT2D eigenvalue weighted by atomic mass is 16.5. The molecule has 2 N–H and O–H groups in total. The Morgan fingerprint density at radius 2 is 1.69 bits per heavy atom. The summed E-state index contributed by atoms with van der Waals surface area (Å²) in [5.41, 5.74) is 4.37. The maximum absolute atomic E-state index is 9.33. The first-order valence-electron chi connectivity index (χ1n) is 8.52. The quantitative estimate of drug-likeness (QED) is 0.596. The van der Waals surface area contributed by atoms with Crippen LogP contribution >= 0.6 is 0 Å². The van der Waals surface area contributed by atoms with Crippen LogP contribution in [0.3, 0.4) is 0 Å². The molecule has 0 fully saturated rings. The highest BCUT2D eigenvalue weighted by Gasteiger charge is 2.07. The molecule has 0 aromatic heterocycles. The van der Waals surface area contributed by atoms with Crippen LogP contribution < -0.4 is 14.8 Å². The van der Waals surface area contributed by atoms with Crippen molar-refractivity contribution in [2.45, 2.75) is 20.1 Å². The molecule has 0 atom stereocenters. The fourth-order valence-corrected chi connectivity index (χ4v) is 2.69. The second-order valence-electron chi connectivity index (χ2n) is 6.16. The number of hydrogen-bond acceptors (Lipinski definition) is 4. The third-order valence-corrected chi connectivity index (χ3v) is 4.07. The van der Waals surface area contributed by atoms with E-state index in [1.54, 1.807) is 19.2 Å². The van der Waals surface area contributed by atoms with Gasteiger partial charge in [-0.05, 0) is 54.4 Å². The number of anilines is 1. The van der Waals surface area contributed by atoms with Gasteiger partial charge in [0.2, 0.25) is 0 Å². The third-order valence-electron chi connectivity index (χ3n) is 4.07. The molecular weight excluding hydrogens is 326 g/mol. The van der Waals surface area contributed by atoms with Gasteiger partial charge in [-0.2, -0.15) is 0 Å². The van der Waals surface area contributed by atoms with Crippen molar-refractivity contribution in [3.05, 3.63) is 83.4 Å². The van der Waals surface area contributed by atoms with Gasteiger partial charge in [0.15, 0.2) is 11.5 Å². The zero-order valence-corrected chi connectivity index (χ0v) is 15.0. The molecule has 0 bridgehead atoms. The van der Waals surface area contributed by atoms with E-state index in [-0.39, 0.29) is 5.75 Å². The van der Waals surface area contributed by atoms with Crippen molar-refractivity contribution in [2.75, 3.05) is 12.4 Å². The van der Waals surface area contributed by atoms with E-state index in [0.29, 0.717) is 18.9 Å². The molecule has 0 saturated carbocycles. The van der Waals surface area contributed by atoms with E-state index in [2.05, 4.69) is 30.4 Å². The van der Waals surface area contributed by atoms with Crippen LogP contribution in [0.1, 0.15) is 16.7 Å². The van der Waals surface area contributed by atoms with Gasteiger partial charge < -0.3 is 19.9 Å². The molecule has 26 heavy (non-hydrogen) atoms. The minimum atomic E-state index is 0.257. The molecule has 0 aliphatic carbocycles. The molecule has 3 rings (SSSR count). The topological polar surface area (TPSA) is 50.7 Å². The maximum Gasteiger partial charge on any atom is 0.161 e. The molecule has 0 saturated heterocycles. The first-order valence-corrected chi connectivity index (χ1v) is 8.52. The second kappa shape index (κ2) is 8.30. The van der Waals surface area contributed by atoms with Crippen LogP contribution in [0.5, 0.6) is 17.2 Å². The predicted molar refractivity (Wildman–Crippen MR) is 104 cm³/mol. The number of phenolic OH excluding ortho intramolecular Hbond substituents is 1. The van der Waals surface area contributed by atoms with Gasteiger partial charge in [-0.3, -0.25) is 0 Å². The fourth-order valence-electron chi connectivity index (χ4n) is 2.69. The molecule has 0 spiro atoms. The molecule has 0 amide bonds. The summed E-state index contributed by atoms with van der Waals surface area (Å²) in [6.07, 6.45) is 0. The molecule has 3 aromatic carbocycles. The predicted octanol–water partition coefficient (Wildman–Crippen LogP) is 4.90. The lowest BCUT2D eigenvalue weighted by atomic mass is 10.1. The molecular formula is C22H23NO3. The summed E-state index contributed by atoms with van der Waals surface area (Å²) in [6, 6.07) is 21.2. The number of aryl methyl sites for hydroxylation is 1. The van der Waals surface area contributed by atoms with Gasteiger partial charge in [-0.15, -0.1) is 0 Å². The minimum absolute atomic E-state index is 0.257. The van der Waals surface area contributed by atoms with Crippen molar-refractivity contribution in [1.82, 2.24) is 0 Å². The lowest BCUT2D eigenvalue weighted by Gasteiger charge is -2.13. The standard InChI is InChI=1S/C22H23NO3/c1-16-4-3-5-18(12-16)15-26-21-11-6-17(13-22(21)25-2)14-23-19-7-9-20(24)10-8-19/h3-13,23-24H,14-15H2,1-2H3. The molecule has 0 unspecified atom stereocenters. The summed E-state index contributed by atoms with van der Waals surface area (Å²) in [4.78, 5) is 0. The van der Waals surface area contributed by atoms with Crippen LogP contribution in [-0.2, 0) is 13.2 Å². The van der Waals surface area contributed by atoms with Crippen molar-refractivity contribution in [3.63, 3.8) is 0 Å². The van der Waals surface area contributed by atoms with Crippen LogP contribution in [0.25, 0.3) is 0 Å². The van der Waals surface area contributed by atoms with Crippen molar-refractivity contribution in [2.24, 2.45) is 0 Å². The minimum Gasteiger partial charge on any atom is -0.508 e. The van der Waals surface area contributed by atoms with Crippen LogP contribution in [0.4, 0.5) is 5.69 Å². The first-order chi connectivity index (χ1) is 12.6. The zero-order chi connectivity index (χ0) is 18.4. The molecule has 0 heterocycles. The molecule has 4 heteroatoms. The van der Waals surface area contributed by atoms with Crippen LogP contribution in [0.2, 0.25) is 0 Å². The van der Waals surface area contributed by atoms with Gasteiger partial charge >= 0.3 is 0 Å². The number of nitrogens with one attached hydrogen (secondary N) is 1. The van der Waals surface area contributed by atoms with E-state index in [4.69, 9.17) is 9.47 Å². The van der Waals surface area contributed by atoms with Gasteiger partial charge in [-0.25, -0.2) is 0 Å². The van der Waals surface area contributed by atoms with E-state index in [0.717, 1.165) is 22.6 Å². The zero-order valence-electron chi connectivity index (χ0n) is 15.0. The Morgan fingerprint density at radius 1 is 0.885 bits per heavy atom. The summed E-state index contributed by atoms with van der Waals surface area (Å²) in [5.74, 6) is 1.69. The molecule has 0 aliphatic rings. The Kier molecular flexibility index (Phi) is 5.64. The number of phenols is 1. The van der Waals surface area contributed by atoms with E-state index in [9.17, 15) is 5.11 Å². The molecule has 4 nitrogen and oxygen atoms in total. The Bertz CT molecular complexity index is 860. The van der Waals surface area contributed by atoms with Crippen molar-refractivity contribution >= 4 is 5.69 Å². The average molecular weight is 349 g/mol. The number of ether oxygens (including phenoxy) is 2. The van der Waals surface area contributed by atoms with Gasteiger partial charge in [0.1, 0.15) is 12.4 Å². The van der Waals surface area contributed by atoms with E-state index >= 15 is 0 Å². The van der Waals surface area contributed by atoms with Gasteiger partial charge in [0.25, 0.3) is 0 Å². The van der Waals surface area contributed by atoms with Gasteiger partial charge in [0.05, 0.1) is 7.11 Å². The maximum atomic E-state index is 9.33. The van der Waals surface area contributed by atoms with E-state index in [1.165, 1.54) is 5.56 Å². The van der Waals surface area contributed by atoms with Gasteiger partial charge in [0, 0.05) is 12.2 Å². The summed E-state index contributed by atoms with van der Waals surface area (Å²) >= 11 is 0. The summed E-state index contributed by atoms with van der Waals surface area (Å²) in [6.45, 7) is 3.22. The first kappa shape index (κ1) is 17.7. The van der Waals surface area contributed by atoms with Crippen molar-refractivity contribution < 1.29 is 14.6 Å². The normalized spacial score (nSPS) is 10.4. The monoisotopic (exact) mass is 349 g/mol. The number of aromatic hydroxyl groups is 1.